The van der Waals surface area contributed by atoms with Crippen molar-refractivity contribution in [2.24, 2.45) is 0 Å². The van der Waals surface area contributed by atoms with Crippen LogP contribution in [0.15, 0.2) is 9.98 Å². The van der Waals surface area contributed by atoms with Crippen LogP contribution in [-0.2, 0) is 9.47 Å². The van der Waals surface area contributed by atoms with E-state index >= 15 is 0 Å². The molecule has 0 aliphatic carbocycles. The molecular weight excluding hydrogens is 280 g/mol. The smallest absolute Gasteiger partial charge is 0.183 e. The number of methoxy groups -OCH3 is 1. The van der Waals surface area contributed by atoms with Crippen LogP contribution < -0.4 is 5.32 Å². The molecule has 4 nitrogen and oxygen atoms in total. The van der Waals surface area contributed by atoms with Gasteiger partial charge in [-0.2, -0.15) is 0 Å². The van der Waals surface area contributed by atoms with Crippen LogP contribution in [0.25, 0.3) is 0 Å². The zero-order valence-corrected chi connectivity index (χ0v) is 10.9. The molecule has 0 spiro atoms. The summed E-state index contributed by atoms with van der Waals surface area (Å²) in [6, 6.07) is 0. The molecule has 1 aliphatic heterocycles. The molecule has 1 saturated heterocycles. The van der Waals surface area contributed by atoms with Crippen LogP contribution in [-0.4, -0.2) is 37.5 Å². The van der Waals surface area contributed by atoms with Crippen molar-refractivity contribution in [1.29, 1.82) is 0 Å². The lowest BCUT2D eigenvalue weighted by atomic mass is 10.0. The van der Waals surface area contributed by atoms with Crippen LogP contribution >= 0.6 is 27.3 Å². The Hall–Kier alpha value is -0.170. The van der Waals surface area contributed by atoms with Crippen molar-refractivity contribution in [2.45, 2.75) is 12.0 Å². The predicted octanol–water partition coefficient (Wildman–Crippen LogP) is 2.12. The summed E-state index contributed by atoms with van der Waals surface area (Å²) in [5, 5.41) is 6.13. The Balaban J connectivity index is 1.91. The first-order valence-corrected chi connectivity index (χ1v) is 6.39. The molecule has 2 heterocycles. The summed E-state index contributed by atoms with van der Waals surface area (Å²) in [6.07, 6.45) is 0.934. The number of thiazole rings is 1. The first kappa shape index (κ1) is 11.3. The number of hydrogen-bond acceptors (Lipinski definition) is 5. The van der Waals surface area contributed by atoms with Gasteiger partial charge in [0.2, 0.25) is 0 Å². The number of nitrogens with one attached hydrogen (secondary N) is 1. The van der Waals surface area contributed by atoms with Crippen molar-refractivity contribution in [3.8, 4) is 0 Å². The lowest BCUT2D eigenvalue weighted by Crippen LogP contribution is -2.39. The zero-order chi connectivity index (χ0) is 10.7. The van der Waals surface area contributed by atoms with Crippen molar-refractivity contribution in [2.75, 3.05) is 32.2 Å². The van der Waals surface area contributed by atoms with Gasteiger partial charge in [0.05, 0.1) is 6.61 Å². The normalized spacial score (nSPS) is 25.7. The fourth-order valence-corrected chi connectivity index (χ4v) is 2.68. The third-order valence-corrected chi connectivity index (χ3v) is 4.05. The van der Waals surface area contributed by atoms with Gasteiger partial charge < -0.3 is 14.8 Å². The minimum absolute atomic E-state index is 0.182. The molecule has 1 aliphatic rings. The van der Waals surface area contributed by atoms with E-state index in [0.717, 1.165) is 29.3 Å². The molecule has 1 aromatic rings. The Kier molecular flexibility index (Phi) is 3.60. The van der Waals surface area contributed by atoms with Gasteiger partial charge in [0, 0.05) is 32.1 Å². The topological polar surface area (TPSA) is 43.4 Å². The number of rotatable bonds is 4. The molecule has 0 bridgehead atoms. The number of anilines is 1. The average Bonchev–Trinajstić information content (AvgIpc) is 2.85. The standard InChI is InChI=1S/C9H13BrN2O2S/c1-13-9(2-3-14-6-9)5-11-8-12-7(10)4-15-8/h4H,2-3,5-6H2,1H3,(H,11,12). The number of hydrogen-bond donors (Lipinski definition) is 1. The van der Waals surface area contributed by atoms with Crippen molar-refractivity contribution in [1.82, 2.24) is 4.98 Å². The van der Waals surface area contributed by atoms with Gasteiger partial charge in [0.1, 0.15) is 10.2 Å². The number of aromatic nitrogens is 1. The van der Waals surface area contributed by atoms with E-state index in [-0.39, 0.29) is 5.60 Å². The number of ether oxygens (including phenoxy) is 2. The molecule has 1 N–H and O–H groups in total. The summed E-state index contributed by atoms with van der Waals surface area (Å²) in [5.74, 6) is 0. The van der Waals surface area contributed by atoms with Gasteiger partial charge >= 0.3 is 0 Å². The maximum absolute atomic E-state index is 5.50. The lowest BCUT2D eigenvalue weighted by Gasteiger charge is -2.25. The third kappa shape index (κ3) is 2.69. The second-order valence-corrected chi connectivity index (χ2v) is 5.19. The maximum atomic E-state index is 5.50. The van der Waals surface area contributed by atoms with E-state index in [0.29, 0.717) is 6.61 Å². The molecule has 1 atom stereocenters. The van der Waals surface area contributed by atoms with E-state index < -0.39 is 0 Å². The highest BCUT2D eigenvalue weighted by atomic mass is 79.9. The van der Waals surface area contributed by atoms with Crippen molar-refractivity contribution < 1.29 is 9.47 Å². The van der Waals surface area contributed by atoms with E-state index in [1.807, 2.05) is 5.38 Å². The minimum Gasteiger partial charge on any atom is -0.378 e. The second kappa shape index (κ2) is 4.78. The van der Waals surface area contributed by atoms with E-state index in [1.165, 1.54) is 0 Å². The maximum Gasteiger partial charge on any atom is 0.183 e. The van der Waals surface area contributed by atoms with Crippen molar-refractivity contribution >= 4 is 32.4 Å². The minimum atomic E-state index is -0.182. The van der Waals surface area contributed by atoms with Crippen LogP contribution in [0.5, 0.6) is 0 Å². The molecule has 2 rings (SSSR count). The highest BCUT2D eigenvalue weighted by Crippen LogP contribution is 2.25. The summed E-state index contributed by atoms with van der Waals surface area (Å²) in [7, 11) is 1.73. The SMILES string of the molecule is COC1(CNc2nc(Br)cs2)CCOC1. The van der Waals surface area contributed by atoms with Gasteiger partial charge in [-0.05, 0) is 15.9 Å². The van der Waals surface area contributed by atoms with Gasteiger partial charge in [-0.3, -0.25) is 0 Å². The molecule has 1 unspecified atom stereocenters. The Morgan fingerprint density at radius 3 is 3.20 bits per heavy atom. The average molecular weight is 293 g/mol. The molecule has 0 aromatic carbocycles. The van der Waals surface area contributed by atoms with Gasteiger partial charge in [-0.1, -0.05) is 0 Å². The Morgan fingerprint density at radius 2 is 2.67 bits per heavy atom. The van der Waals surface area contributed by atoms with Gasteiger partial charge in [0.15, 0.2) is 5.13 Å². The summed E-state index contributed by atoms with van der Waals surface area (Å²) < 4.78 is 11.7. The monoisotopic (exact) mass is 292 g/mol. The Bertz CT molecular complexity index is 326. The second-order valence-electron chi connectivity index (χ2n) is 3.52. The molecule has 1 fully saturated rings. The molecule has 0 radical (unpaired) electrons. The third-order valence-electron chi connectivity index (χ3n) is 2.54. The molecule has 84 valence electrons. The molecule has 6 heteroatoms. The summed E-state index contributed by atoms with van der Waals surface area (Å²) in [6.45, 7) is 2.17. The zero-order valence-electron chi connectivity index (χ0n) is 8.46. The molecule has 15 heavy (non-hydrogen) atoms. The summed E-state index contributed by atoms with van der Waals surface area (Å²) >= 11 is 4.90. The highest BCUT2D eigenvalue weighted by molar-refractivity contribution is 9.10. The number of halogens is 1. The molecule has 1 aromatic heterocycles. The summed E-state index contributed by atoms with van der Waals surface area (Å²) in [5.41, 5.74) is -0.182. The van der Waals surface area contributed by atoms with Gasteiger partial charge in [-0.25, -0.2) is 4.98 Å². The van der Waals surface area contributed by atoms with E-state index in [9.17, 15) is 0 Å². The highest BCUT2D eigenvalue weighted by Gasteiger charge is 2.34. The van der Waals surface area contributed by atoms with Crippen LogP contribution in [0.3, 0.4) is 0 Å². The molecule has 0 saturated carbocycles. The quantitative estimate of drug-likeness (QED) is 0.923. The first-order valence-electron chi connectivity index (χ1n) is 4.72. The van der Waals surface area contributed by atoms with Crippen LogP contribution in [0.2, 0.25) is 0 Å². The molecular formula is C9H13BrN2O2S. The van der Waals surface area contributed by atoms with E-state index in [1.54, 1.807) is 18.4 Å². The van der Waals surface area contributed by atoms with E-state index in [2.05, 4.69) is 26.2 Å². The Labute approximate surface area is 101 Å². The van der Waals surface area contributed by atoms with Crippen molar-refractivity contribution in [3.05, 3.63) is 9.98 Å². The first-order chi connectivity index (χ1) is 7.24. The number of nitrogens with zero attached hydrogens (tertiary/aromatic N) is 1. The fraction of sp³-hybridized carbons (Fsp3) is 0.667. The largest absolute Gasteiger partial charge is 0.378 e. The lowest BCUT2D eigenvalue weighted by molar-refractivity contribution is -0.00620. The van der Waals surface area contributed by atoms with Crippen LogP contribution in [0.1, 0.15) is 6.42 Å². The Morgan fingerprint density at radius 1 is 1.80 bits per heavy atom. The fourth-order valence-electron chi connectivity index (χ4n) is 1.53. The predicted molar refractivity (Wildman–Crippen MR) is 63.5 cm³/mol. The summed E-state index contributed by atoms with van der Waals surface area (Å²) in [4.78, 5) is 4.26. The molecule has 0 amide bonds. The van der Waals surface area contributed by atoms with Gasteiger partial charge in [-0.15, -0.1) is 11.3 Å². The van der Waals surface area contributed by atoms with Crippen molar-refractivity contribution in [3.63, 3.8) is 0 Å². The van der Waals surface area contributed by atoms with Crippen LogP contribution in [0, 0.1) is 0 Å². The van der Waals surface area contributed by atoms with Gasteiger partial charge in [0.25, 0.3) is 0 Å². The van der Waals surface area contributed by atoms with E-state index in [4.69, 9.17) is 9.47 Å². The van der Waals surface area contributed by atoms with Crippen LogP contribution in [0.4, 0.5) is 5.13 Å².